The first-order chi connectivity index (χ1) is 15.0. The number of anilines is 1. The lowest BCUT2D eigenvalue weighted by atomic mass is 10.0. The first kappa shape index (κ1) is 20.6. The van der Waals surface area contributed by atoms with Crippen LogP contribution < -0.4 is 10.6 Å². The number of carbonyl (C=O) groups is 1. The van der Waals surface area contributed by atoms with Crippen LogP contribution in [0.4, 0.5) is 5.69 Å². The Bertz CT molecular complexity index is 1150. The monoisotopic (exact) mass is 415 g/mol. The van der Waals surface area contributed by atoms with E-state index in [2.05, 4.69) is 29.5 Å². The molecule has 6 heteroatoms. The number of carbonyl (C=O) groups excluding carboxylic acids is 1. The molecule has 4 aromatic rings. The first-order valence-electron chi connectivity index (χ1n) is 10.4. The number of amides is 1. The molecule has 6 nitrogen and oxygen atoms in total. The highest BCUT2D eigenvalue weighted by atomic mass is 16.3. The second-order valence-corrected chi connectivity index (χ2v) is 7.68. The highest BCUT2D eigenvalue weighted by molar-refractivity contribution is 5.92. The topological polar surface area (TPSA) is 76.7 Å². The van der Waals surface area contributed by atoms with Crippen LogP contribution in [0.25, 0.3) is 5.69 Å². The van der Waals surface area contributed by atoms with Crippen LogP contribution in [0, 0.1) is 20.8 Å². The molecule has 0 radical (unpaired) electrons. The SMILES string of the molecule is Cc1ccc(-n2nc(C)c(NC(=O)C[NH2+][C@H](c3ccccc3)c3ccco3)c2C)cc1. The Morgan fingerprint density at radius 3 is 2.45 bits per heavy atom. The molecule has 2 aromatic heterocycles. The summed E-state index contributed by atoms with van der Waals surface area (Å²) in [6, 6.07) is 21.9. The minimum atomic E-state index is -0.0839. The number of nitrogens with zero attached hydrogens (tertiary/aromatic N) is 2. The molecule has 0 saturated heterocycles. The molecule has 0 bridgehead atoms. The van der Waals surface area contributed by atoms with E-state index < -0.39 is 0 Å². The summed E-state index contributed by atoms with van der Waals surface area (Å²) in [5.41, 5.74) is 5.70. The summed E-state index contributed by atoms with van der Waals surface area (Å²) in [5, 5.41) is 9.66. The number of nitrogens with one attached hydrogen (secondary N) is 1. The number of aryl methyl sites for hydroxylation is 2. The van der Waals surface area contributed by atoms with E-state index in [1.165, 1.54) is 5.56 Å². The highest BCUT2D eigenvalue weighted by Crippen LogP contribution is 2.23. The van der Waals surface area contributed by atoms with Gasteiger partial charge >= 0.3 is 0 Å². The minimum absolute atomic E-state index is 0.0813. The maximum absolute atomic E-state index is 12.8. The number of furan rings is 1. The molecule has 4 rings (SSSR count). The normalized spacial score (nSPS) is 12.0. The van der Waals surface area contributed by atoms with Crippen LogP contribution in [-0.2, 0) is 4.79 Å². The van der Waals surface area contributed by atoms with Gasteiger partial charge in [0, 0.05) is 5.56 Å². The van der Waals surface area contributed by atoms with E-state index in [4.69, 9.17) is 4.42 Å². The summed E-state index contributed by atoms with van der Waals surface area (Å²) in [6.07, 6.45) is 1.66. The quantitative estimate of drug-likeness (QED) is 0.483. The van der Waals surface area contributed by atoms with E-state index in [1.807, 2.05) is 78.4 Å². The Hall–Kier alpha value is -3.64. The molecule has 31 heavy (non-hydrogen) atoms. The molecule has 0 spiro atoms. The van der Waals surface area contributed by atoms with E-state index >= 15 is 0 Å². The van der Waals surface area contributed by atoms with Crippen molar-refractivity contribution in [2.45, 2.75) is 26.8 Å². The average molecular weight is 416 g/mol. The number of hydrogen-bond donors (Lipinski definition) is 2. The molecule has 2 aromatic carbocycles. The number of hydrogen-bond acceptors (Lipinski definition) is 3. The van der Waals surface area contributed by atoms with Gasteiger partial charge in [0.15, 0.2) is 18.3 Å². The lowest BCUT2D eigenvalue weighted by molar-refractivity contribution is -0.678. The third kappa shape index (κ3) is 4.59. The number of rotatable bonds is 7. The largest absolute Gasteiger partial charge is 0.463 e. The summed E-state index contributed by atoms with van der Waals surface area (Å²) < 4.78 is 7.49. The van der Waals surface area contributed by atoms with E-state index in [9.17, 15) is 4.79 Å². The van der Waals surface area contributed by atoms with Crippen LogP contribution in [0.3, 0.4) is 0 Å². The molecule has 1 atom stereocenters. The van der Waals surface area contributed by atoms with Gasteiger partial charge in [0.1, 0.15) is 0 Å². The van der Waals surface area contributed by atoms with Gasteiger partial charge in [0.25, 0.3) is 5.91 Å². The molecule has 0 saturated carbocycles. The Balaban J connectivity index is 1.48. The molecule has 158 valence electrons. The van der Waals surface area contributed by atoms with Crippen molar-refractivity contribution in [1.29, 1.82) is 0 Å². The molecular weight excluding hydrogens is 388 g/mol. The first-order valence-corrected chi connectivity index (χ1v) is 10.4. The summed E-state index contributed by atoms with van der Waals surface area (Å²) in [6.45, 7) is 6.19. The second-order valence-electron chi connectivity index (χ2n) is 7.68. The Labute approximate surface area is 181 Å². The number of benzene rings is 2. The lowest BCUT2D eigenvalue weighted by Crippen LogP contribution is -2.87. The fourth-order valence-corrected chi connectivity index (χ4v) is 3.72. The zero-order valence-corrected chi connectivity index (χ0v) is 18.0. The van der Waals surface area contributed by atoms with Crippen molar-refractivity contribution in [3.8, 4) is 5.69 Å². The molecule has 2 heterocycles. The predicted molar refractivity (Wildman–Crippen MR) is 120 cm³/mol. The molecule has 0 unspecified atom stereocenters. The van der Waals surface area contributed by atoms with Crippen LogP contribution in [0.5, 0.6) is 0 Å². The Morgan fingerprint density at radius 2 is 1.77 bits per heavy atom. The van der Waals surface area contributed by atoms with Crippen LogP contribution in [0.15, 0.2) is 77.4 Å². The van der Waals surface area contributed by atoms with Crippen molar-refractivity contribution in [3.63, 3.8) is 0 Å². The maximum atomic E-state index is 12.8. The minimum Gasteiger partial charge on any atom is -0.463 e. The van der Waals surface area contributed by atoms with Crippen molar-refractivity contribution >= 4 is 11.6 Å². The molecular formula is C25H27N4O2+. The van der Waals surface area contributed by atoms with E-state index in [-0.39, 0.29) is 18.5 Å². The molecule has 0 aliphatic heterocycles. The zero-order chi connectivity index (χ0) is 21.8. The maximum Gasteiger partial charge on any atom is 0.279 e. The summed E-state index contributed by atoms with van der Waals surface area (Å²) in [4.78, 5) is 12.8. The lowest BCUT2D eigenvalue weighted by Gasteiger charge is -2.14. The summed E-state index contributed by atoms with van der Waals surface area (Å²) in [5.74, 6) is 0.737. The molecule has 0 aliphatic rings. The van der Waals surface area contributed by atoms with E-state index in [0.29, 0.717) is 0 Å². The van der Waals surface area contributed by atoms with Crippen molar-refractivity contribution in [2.24, 2.45) is 0 Å². The second kappa shape index (κ2) is 9.02. The van der Waals surface area contributed by atoms with Crippen LogP contribution in [0.2, 0.25) is 0 Å². The Kier molecular flexibility index (Phi) is 6.00. The van der Waals surface area contributed by atoms with Gasteiger partial charge in [0.05, 0.1) is 29.0 Å². The van der Waals surface area contributed by atoms with E-state index in [0.717, 1.165) is 34.1 Å². The van der Waals surface area contributed by atoms with Gasteiger partial charge in [-0.25, -0.2) is 4.68 Å². The van der Waals surface area contributed by atoms with Crippen molar-refractivity contribution in [3.05, 3.63) is 101 Å². The molecule has 1 amide bonds. The standard InChI is InChI=1S/C25H26N4O2/c1-17-11-13-21(14-12-17)29-19(3)24(18(2)28-29)27-23(30)16-26-25(22-10-7-15-31-22)20-8-5-4-6-9-20/h4-15,25-26H,16H2,1-3H3,(H,27,30)/p+1/t25-/m1/s1. The van der Waals surface area contributed by atoms with Gasteiger partial charge in [-0.2, -0.15) is 5.10 Å². The zero-order valence-electron chi connectivity index (χ0n) is 18.0. The van der Waals surface area contributed by atoms with Crippen molar-refractivity contribution in [1.82, 2.24) is 9.78 Å². The van der Waals surface area contributed by atoms with E-state index in [1.54, 1.807) is 6.26 Å². The molecule has 3 N–H and O–H groups in total. The average Bonchev–Trinajstić information content (AvgIpc) is 3.40. The summed E-state index contributed by atoms with van der Waals surface area (Å²) in [7, 11) is 0. The highest BCUT2D eigenvalue weighted by Gasteiger charge is 2.22. The van der Waals surface area contributed by atoms with Gasteiger partial charge in [-0.1, -0.05) is 48.0 Å². The van der Waals surface area contributed by atoms with Gasteiger partial charge in [-0.05, 0) is 45.0 Å². The van der Waals surface area contributed by atoms with Crippen LogP contribution in [0.1, 0.15) is 34.3 Å². The van der Waals surface area contributed by atoms with Gasteiger partial charge < -0.3 is 15.1 Å². The van der Waals surface area contributed by atoms with Gasteiger partial charge in [0.2, 0.25) is 0 Å². The van der Waals surface area contributed by atoms with Gasteiger partial charge in [-0.15, -0.1) is 0 Å². The molecule has 0 aliphatic carbocycles. The third-order valence-corrected chi connectivity index (χ3v) is 5.38. The van der Waals surface area contributed by atoms with Crippen molar-refractivity contribution < 1.29 is 14.5 Å². The number of aromatic nitrogens is 2. The summed E-state index contributed by atoms with van der Waals surface area (Å²) >= 11 is 0. The van der Waals surface area contributed by atoms with Crippen LogP contribution in [-0.4, -0.2) is 22.2 Å². The Morgan fingerprint density at radius 1 is 1.03 bits per heavy atom. The number of nitrogens with two attached hydrogens (primary N) is 1. The molecule has 0 fully saturated rings. The van der Waals surface area contributed by atoms with Gasteiger partial charge in [-0.3, -0.25) is 4.79 Å². The fourth-order valence-electron chi connectivity index (χ4n) is 3.72. The van der Waals surface area contributed by atoms with Crippen LogP contribution >= 0.6 is 0 Å². The predicted octanol–water partition coefficient (Wildman–Crippen LogP) is 3.68. The third-order valence-electron chi connectivity index (χ3n) is 5.38. The number of quaternary nitrogens is 1. The van der Waals surface area contributed by atoms with Crippen molar-refractivity contribution in [2.75, 3.05) is 11.9 Å². The smallest absolute Gasteiger partial charge is 0.279 e. The fraction of sp³-hybridized carbons (Fsp3) is 0.200.